The van der Waals surface area contributed by atoms with Crippen LogP contribution < -0.4 is 10.7 Å². The summed E-state index contributed by atoms with van der Waals surface area (Å²) in [5, 5.41) is 8.53. The third-order valence-corrected chi connectivity index (χ3v) is 6.41. The molecule has 4 aliphatic carbocycles. The molecule has 5 nitrogen and oxygen atoms in total. The summed E-state index contributed by atoms with van der Waals surface area (Å²) in [6, 6.07) is 7.90. The molecule has 4 aliphatic rings. The first kappa shape index (κ1) is 15.0. The van der Waals surface area contributed by atoms with Crippen molar-refractivity contribution in [1.82, 2.24) is 15.7 Å². The van der Waals surface area contributed by atoms with E-state index < -0.39 is 0 Å². The van der Waals surface area contributed by atoms with Gasteiger partial charge in [0, 0.05) is 28.2 Å². The predicted octanol–water partition coefficient (Wildman–Crippen LogP) is 3.77. The fourth-order valence-electron chi connectivity index (χ4n) is 5.89. The number of hydrogen-bond acceptors (Lipinski definition) is 2. The monoisotopic (exact) mass is 336 g/mol. The lowest BCUT2D eigenvalue weighted by Crippen LogP contribution is -2.61. The second-order valence-corrected chi connectivity index (χ2v) is 8.31. The molecule has 0 spiro atoms. The van der Waals surface area contributed by atoms with Crippen molar-refractivity contribution >= 4 is 23.1 Å². The average molecular weight is 336 g/mol. The van der Waals surface area contributed by atoms with Crippen LogP contribution >= 0.6 is 0 Å². The molecular formula is C20H24N4O. The Morgan fingerprint density at radius 2 is 1.80 bits per heavy atom. The fourth-order valence-corrected chi connectivity index (χ4v) is 5.89. The van der Waals surface area contributed by atoms with Crippen LogP contribution in [0.2, 0.25) is 0 Å². The molecule has 4 saturated carbocycles. The maximum atomic E-state index is 12.4. The Balaban J connectivity index is 1.24. The van der Waals surface area contributed by atoms with Crippen molar-refractivity contribution in [3.8, 4) is 0 Å². The van der Waals surface area contributed by atoms with E-state index in [2.05, 4.69) is 20.8 Å². The Morgan fingerprint density at radius 3 is 2.52 bits per heavy atom. The van der Waals surface area contributed by atoms with Gasteiger partial charge in [0.2, 0.25) is 0 Å². The first-order valence-electron chi connectivity index (χ1n) is 9.36. The third kappa shape index (κ3) is 2.71. The van der Waals surface area contributed by atoms with Crippen LogP contribution in [0.3, 0.4) is 0 Å². The zero-order valence-electron chi connectivity index (χ0n) is 14.3. The number of benzene rings is 1. The second-order valence-electron chi connectivity index (χ2n) is 8.31. The standard InChI is InChI=1S/C20H24N4O/c25-19(23-20-8-13-5-14(9-20)7-15(6-13)10-20)24-22-12-16-11-21-18-4-2-1-3-17(16)18/h1-4,11-15,21H,5-10H2,(H2,23,24,25). The van der Waals surface area contributed by atoms with Crippen LogP contribution in [0, 0.1) is 17.8 Å². The lowest BCUT2D eigenvalue weighted by atomic mass is 9.53. The van der Waals surface area contributed by atoms with E-state index in [4.69, 9.17) is 0 Å². The molecular weight excluding hydrogens is 312 g/mol. The number of aromatic amines is 1. The van der Waals surface area contributed by atoms with Gasteiger partial charge in [-0.05, 0) is 62.3 Å². The number of H-pyrrole nitrogens is 1. The predicted molar refractivity (Wildman–Crippen MR) is 98.5 cm³/mol. The number of para-hydroxylation sites is 1. The van der Waals surface area contributed by atoms with E-state index >= 15 is 0 Å². The Kier molecular flexibility index (Phi) is 3.37. The van der Waals surface area contributed by atoms with Crippen molar-refractivity contribution in [2.45, 2.75) is 44.1 Å². The van der Waals surface area contributed by atoms with E-state index in [0.717, 1.165) is 53.5 Å². The normalized spacial score (nSPS) is 33.2. The fraction of sp³-hybridized carbons (Fsp3) is 0.500. The molecule has 4 bridgehead atoms. The number of nitrogens with zero attached hydrogens (tertiary/aromatic N) is 1. The van der Waals surface area contributed by atoms with Gasteiger partial charge < -0.3 is 10.3 Å². The van der Waals surface area contributed by atoms with Crippen molar-refractivity contribution in [3.63, 3.8) is 0 Å². The molecule has 25 heavy (non-hydrogen) atoms. The highest BCUT2D eigenvalue weighted by atomic mass is 16.2. The molecule has 0 saturated heterocycles. The summed E-state index contributed by atoms with van der Waals surface area (Å²) < 4.78 is 0. The van der Waals surface area contributed by atoms with Gasteiger partial charge in [-0.3, -0.25) is 0 Å². The molecule has 1 aromatic carbocycles. The molecule has 1 heterocycles. The summed E-state index contributed by atoms with van der Waals surface area (Å²) in [7, 11) is 0. The smallest absolute Gasteiger partial charge is 0.335 e. The average Bonchev–Trinajstić information content (AvgIpc) is 2.96. The van der Waals surface area contributed by atoms with E-state index in [0.29, 0.717) is 0 Å². The number of carbonyl (C=O) groups excluding carboxylic acids is 1. The van der Waals surface area contributed by atoms with Crippen LogP contribution in [0.4, 0.5) is 4.79 Å². The molecule has 0 atom stereocenters. The highest BCUT2D eigenvalue weighted by molar-refractivity contribution is 5.99. The molecule has 6 rings (SSSR count). The largest absolute Gasteiger partial charge is 0.361 e. The van der Waals surface area contributed by atoms with Crippen LogP contribution in [0.15, 0.2) is 35.6 Å². The van der Waals surface area contributed by atoms with Crippen molar-refractivity contribution in [3.05, 3.63) is 36.0 Å². The van der Waals surface area contributed by atoms with Gasteiger partial charge in [-0.25, -0.2) is 10.2 Å². The molecule has 130 valence electrons. The van der Waals surface area contributed by atoms with E-state index in [9.17, 15) is 4.79 Å². The Hall–Kier alpha value is -2.30. The topological polar surface area (TPSA) is 69.3 Å². The van der Waals surface area contributed by atoms with E-state index in [-0.39, 0.29) is 11.6 Å². The lowest BCUT2D eigenvalue weighted by molar-refractivity contribution is -0.0135. The maximum Gasteiger partial charge on any atom is 0.335 e. The highest BCUT2D eigenvalue weighted by Gasteiger charge is 2.51. The number of nitrogens with one attached hydrogen (secondary N) is 3. The summed E-state index contributed by atoms with van der Waals surface area (Å²) >= 11 is 0. The molecule has 2 aromatic rings. The van der Waals surface area contributed by atoms with Crippen LogP contribution in [0.5, 0.6) is 0 Å². The second kappa shape index (κ2) is 5.61. The summed E-state index contributed by atoms with van der Waals surface area (Å²) in [4.78, 5) is 15.6. The number of amides is 2. The van der Waals surface area contributed by atoms with Gasteiger partial charge in [0.25, 0.3) is 0 Å². The molecule has 0 radical (unpaired) electrons. The maximum absolute atomic E-state index is 12.4. The zero-order valence-corrected chi connectivity index (χ0v) is 14.3. The molecule has 0 unspecified atom stereocenters. The number of hydrazone groups is 1. The highest BCUT2D eigenvalue weighted by Crippen LogP contribution is 2.55. The minimum absolute atomic E-state index is 0.0230. The minimum atomic E-state index is -0.168. The molecule has 0 aliphatic heterocycles. The number of carbonyl (C=O) groups is 1. The van der Waals surface area contributed by atoms with Crippen LogP contribution in [-0.4, -0.2) is 22.8 Å². The first-order valence-corrected chi connectivity index (χ1v) is 9.36. The van der Waals surface area contributed by atoms with E-state index in [1.165, 1.54) is 19.3 Å². The van der Waals surface area contributed by atoms with Crippen LogP contribution in [0.25, 0.3) is 10.9 Å². The van der Waals surface area contributed by atoms with Gasteiger partial charge in [-0.2, -0.15) is 5.10 Å². The molecule has 1 aromatic heterocycles. The number of fused-ring (bicyclic) bond motifs is 1. The third-order valence-electron chi connectivity index (χ3n) is 6.41. The SMILES string of the molecule is O=C(NN=Cc1c[nH]c2ccccc12)NC12CC3CC(CC(C3)C1)C2. The number of hydrogen-bond donors (Lipinski definition) is 3. The van der Waals surface area contributed by atoms with Gasteiger partial charge in [0.1, 0.15) is 0 Å². The van der Waals surface area contributed by atoms with Gasteiger partial charge in [0.05, 0.1) is 6.21 Å². The number of rotatable bonds is 3. The molecule has 4 fully saturated rings. The van der Waals surface area contributed by atoms with Gasteiger partial charge in [-0.1, -0.05) is 18.2 Å². The van der Waals surface area contributed by atoms with E-state index in [1.54, 1.807) is 6.21 Å². The summed E-state index contributed by atoms with van der Waals surface area (Å²) in [5.41, 5.74) is 4.74. The van der Waals surface area contributed by atoms with Crippen molar-refractivity contribution in [2.24, 2.45) is 22.9 Å². The summed E-state index contributed by atoms with van der Waals surface area (Å²) in [5.74, 6) is 2.46. The quantitative estimate of drug-likeness (QED) is 0.579. The van der Waals surface area contributed by atoms with Gasteiger partial charge >= 0.3 is 6.03 Å². The van der Waals surface area contributed by atoms with Gasteiger partial charge in [0.15, 0.2) is 0 Å². The van der Waals surface area contributed by atoms with Crippen LogP contribution in [0.1, 0.15) is 44.1 Å². The van der Waals surface area contributed by atoms with Crippen LogP contribution in [-0.2, 0) is 0 Å². The summed E-state index contributed by atoms with van der Waals surface area (Å²) in [6.07, 6.45) is 11.2. The minimum Gasteiger partial charge on any atom is -0.361 e. The molecule has 2 amide bonds. The van der Waals surface area contributed by atoms with Crippen molar-refractivity contribution in [2.75, 3.05) is 0 Å². The van der Waals surface area contributed by atoms with Gasteiger partial charge in [-0.15, -0.1) is 0 Å². The van der Waals surface area contributed by atoms with E-state index in [1.807, 2.05) is 30.5 Å². The molecule has 3 N–H and O–H groups in total. The van der Waals surface area contributed by atoms with Crippen molar-refractivity contribution in [1.29, 1.82) is 0 Å². The zero-order chi connectivity index (χ0) is 16.9. The lowest BCUT2D eigenvalue weighted by Gasteiger charge is -2.56. The van der Waals surface area contributed by atoms with Crippen molar-refractivity contribution < 1.29 is 4.79 Å². The Morgan fingerprint density at radius 1 is 1.12 bits per heavy atom. The number of aromatic nitrogens is 1. The summed E-state index contributed by atoms with van der Waals surface area (Å²) in [6.45, 7) is 0. The Labute approximate surface area is 147 Å². The molecule has 5 heteroatoms. The first-order chi connectivity index (χ1) is 12.2. The Bertz CT molecular complexity index is 802. The number of urea groups is 1.